The van der Waals surface area contributed by atoms with Crippen LogP contribution in [0.1, 0.15) is 48.8 Å². The number of aryl methyl sites for hydroxylation is 2. The van der Waals surface area contributed by atoms with E-state index in [9.17, 15) is 4.79 Å². The van der Waals surface area contributed by atoms with E-state index < -0.39 is 0 Å². The lowest BCUT2D eigenvalue weighted by atomic mass is 10.0. The van der Waals surface area contributed by atoms with E-state index in [1.54, 1.807) is 0 Å². The van der Waals surface area contributed by atoms with Crippen molar-refractivity contribution in [3.63, 3.8) is 0 Å². The number of rotatable bonds is 8. The van der Waals surface area contributed by atoms with Crippen molar-refractivity contribution in [2.24, 2.45) is 0 Å². The fraction of sp³-hybridized carbons (Fsp3) is 0.471. The van der Waals surface area contributed by atoms with Gasteiger partial charge >= 0.3 is 0 Å². The molecule has 0 radical (unpaired) electrons. The summed E-state index contributed by atoms with van der Waals surface area (Å²) in [5.74, 6) is 0.360. The lowest BCUT2D eigenvalue weighted by molar-refractivity contribution is -0.118. The van der Waals surface area contributed by atoms with Gasteiger partial charge in [-0.15, -0.1) is 6.58 Å². The van der Waals surface area contributed by atoms with Gasteiger partial charge in [-0.1, -0.05) is 41.8 Å². The Morgan fingerprint density at radius 1 is 1.11 bits per heavy atom. The molecule has 0 saturated heterocycles. The molecule has 0 N–H and O–H groups in total. The van der Waals surface area contributed by atoms with E-state index in [2.05, 4.69) is 38.6 Å². The van der Waals surface area contributed by atoms with Crippen LogP contribution in [0.25, 0.3) is 0 Å². The molecule has 0 spiro atoms. The van der Waals surface area contributed by atoms with Crippen molar-refractivity contribution in [3.05, 3.63) is 47.5 Å². The molecule has 0 aliphatic rings. The second kappa shape index (κ2) is 7.86. The normalized spacial score (nSPS) is 10.3. The Balaban J connectivity index is 2.33. The van der Waals surface area contributed by atoms with Gasteiger partial charge in [0.2, 0.25) is 0 Å². The number of hydrogen-bond acceptors (Lipinski definition) is 1. The zero-order valence-electron chi connectivity index (χ0n) is 11.7. The van der Waals surface area contributed by atoms with Crippen molar-refractivity contribution in [1.82, 2.24) is 0 Å². The fourth-order valence-electron chi connectivity index (χ4n) is 2.27. The summed E-state index contributed by atoms with van der Waals surface area (Å²) in [5, 5.41) is 0. The average molecular weight is 244 g/mol. The van der Waals surface area contributed by atoms with Gasteiger partial charge in [0.1, 0.15) is 5.78 Å². The van der Waals surface area contributed by atoms with Gasteiger partial charge in [0.05, 0.1) is 0 Å². The van der Waals surface area contributed by atoms with E-state index in [4.69, 9.17) is 0 Å². The summed E-state index contributed by atoms with van der Waals surface area (Å²) in [6.07, 6.45) is 7.60. The molecule has 0 heterocycles. The highest BCUT2D eigenvalue weighted by molar-refractivity contribution is 5.80. The molecule has 0 aliphatic heterocycles. The fourth-order valence-corrected chi connectivity index (χ4v) is 2.27. The van der Waals surface area contributed by atoms with Gasteiger partial charge in [-0.25, -0.2) is 0 Å². The minimum atomic E-state index is 0.360. The standard InChI is InChI=1S/C17H24O/c1-4-5-6-7-8-9-17(18)13-16-11-14(2)10-15(3)12-16/h4,10-12H,1,5-9,13H2,2-3H3. The van der Waals surface area contributed by atoms with Crippen LogP contribution in [0.15, 0.2) is 30.9 Å². The highest BCUT2D eigenvalue weighted by Crippen LogP contribution is 2.12. The first-order chi connectivity index (χ1) is 8.61. The van der Waals surface area contributed by atoms with Gasteiger partial charge in [-0.2, -0.15) is 0 Å². The van der Waals surface area contributed by atoms with Crippen LogP contribution in [0.5, 0.6) is 0 Å². The Hall–Kier alpha value is -1.37. The van der Waals surface area contributed by atoms with Crippen LogP contribution in [0.2, 0.25) is 0 Å². The number of unbranched alkanes of at least 4 members (excludes halogenated alkanes) is 3. The van der Waals surface area contributed by atoms with Crippen molar-refractivity contribution < 1.29 is 4.79 Å². The van der Waals surface area contributed by atoms with Gasteiger partial charge in [-0.3, -0.25) is 4.79 Å². The highest BCUT2D eigenvalue weighted by atomic mass is 16.1. The average Bonchev–Trinajstić information content (AvgIpc) is 2.27. The minimum Gasteiger partial charge on any atom is -0.299 e. The van der Waals surface area contributed by atoms with Gasteiger partial charge in [0, 0.05) is 12.8 Å². The first-order valence-electron chi connectivity index (χ1n) is 6.81. The van der Waals surface area contributed by atoms with Crippen LogP contribution in [-0.2, 0) is 11.2 Å². The maximum Gasteiger partial charge on any atom is 0.137 e. The Labute approximate surface area is 111 Å². The highest BCUT2D eigenvalue weighted by Gasteiger charge is 2.04. The lowest BCUT2D eigenvalue weighted by Crippen LogP contribution is -2.03. The number of allylic oxidation sites excluding steroid dienone is 1. The van der Waals surface area contributed by atoms with Gasteiger partial charge < -0.3 is 0 Å². The van der Waals surface area contributed by atoms with E-state index in [0.29, 0.717) is 18.6 Å². The maximum atomic E-state index is 11.8. The SMILES string of the molecule is C=CCCCCCC(=O)Cc1cc(C)cc(C)c1. The molecule has 0 saturated carbocycles. The lowest BCUT2D eigenvalue weighted by Gasteiger charge is -2.04. The molecule has 1 heteroatoms. The van der Waals surface area contributed by atoms with Crippen molar-refractivity contribution in [2.75, 3.05) is 0 Å². The molecule has 0 aromatic heterocycles. The number of Topliss-reactive ketones (excluding diaryl/α,β-unsaturated/α-hetero) is 1. The first kappa shape index (κ1) is 14.7. The number of carbonyl (C=O) groups is 1. The van der Waals surface area contributed by atoms with Crippen LogP contribution >= 0.6 is 0 Å². The molecule has 0 fully saturated rings. The van der Waals surface area contributed by atoms with Gasteiger partial charge in [0.15, 0.2) is 0 Å². The maximum absolute atomic E-state index is 11.8. The monoisotopic (exact) mass is 244 g/mol. The van der Waals surface area contributed by atoms with Crippen molar-refractivity contribution >= 4 is 5.78 Å². The van der Waals surface area contributed by atoms with E-state index in [-0.39, 0.29) is 0 Å². The summed E-state index contributed by atoms with van der Waals surface area (Å²) in [6.45, 7) is 7.86. The number of ketones is 1. The zero-order valence-corrected chi connectivity index (χ0v) is 11.7. The number of benzene rings is 1. The Kier molecular flexibility index (Phi) is 6.42. The molecule has 0 amide bonds. The van der Waals surface area contributed by atoms with Gasteiger partial charge in [-0.05, 0) is 38.7 Å². The molecule has 0 bridgehead atoms. The van der Waals surface area contributed by atoms with Crippen LogP contribution in [0, 0.1) is 13.8 Å². The minimum absolute atomic E-state index is 0.360. The molecule has 0 aliphatic carbocycles. The zero-order chi connectivity index (χ0) is 13.4. The molecule has 0 atom stereocenters. The Bertz CT molecular complexity index is 384. The van der Waals surface area contributed by atoms with Crippen LogP contribution in [0.3, 0.4) is 0 Å². The predicted octanol–water partition coefficient (Wildman–Crippen LogP) is 4.55. The second-order valence-electron chi connectivity index (χ2n) is 5.10. The number of carbonyl (C=O) groups excluding carboxylic acids is 1. The first-order valence-corrected chi connectivity index (χ1v) is 6.81. The third-order valence-corrected chi connectivity index (χ3v) is 3.05. The van der Waals surface area contributed by atoms with Gasteiger partial charge in [0.25, 0.3) is 0 Å². The largest absolute Gasteiger partial charge is 0.299 e. The summed E-state index contributed by atoms with van der Waals surface area (Å²) in [5.41, 5.74) is 3.64. The topological polar surface area (TPSA) is 17.1 Å². The molecular formula is C17H24O. The smallest absolute Gasteiger partial charge is 0.137 e. The molecule has 1 aromatic carbocycles. The summed E-state index contributed by atoms with van der Waals surface area (Å²) in [7, 11) is 0. The second-order valence-corrected chi connectivity index (χ2v) is 5.10. The molecule has 0 unspecified atom stereocenters. The summed E-state index contributed by atoms with van der Waals surface area (Å²) in [6, 6.07) is 6.37. The van der Waals surface area contributed by atoms with Crippen LogP contribution < -0.4 is 0 Å². The van der Waals surface area contributed by atoms with Crippen molar-refractivity contribution in [1.29, 1.82) is 0 Å². The molecule has 1 aromatic rings. The van der Waals surface area contributed by atoms with E-state index in [0.717, 1.165) is 31.2 Å². The third-order valence-electron chi connectivity index (χ3n) is 3.05. The van der Waals surface area contributed by atoms with E-state index >= 15 is 0 Å². The Morgan fingerprint density at radius 3 is 2.39 bits per heavy atom. The van der Waals surface area contributed by atoms with Crippen LogP contribution in [-0.4, -0.2) is 5.78 Å². The summed E-state index contributed by atoms with van der Waals surface area (Å²) < 4.78 is 0. The van der Waals surface area contributed by atoms with Crippen molar-refractivity contribution in [3.8, 4) is 0 Å². The molecule has 1 nitrogen and oxygen atoms in total. The van der Waals surface area contributed by atoms with E-state index in [1.165, 1.54) is 11.1 Å². The van der Waals surface area contributed by atoms with E-state index in [1.807, 2.05) is 6.08 Å². The quantitative estimate of drug-likeness (QED) is 0.484. The molecule has 18 heavy (non-hydrogen) atoms. The molecule has 98 valence electrons. The summed E-state index contributed by atoms with van der Waals surface area (Å²) >= 11 is 0. The Morgan fingerprint density at radius 2 is 1.78 bits per heavy atom. The number of hydrogen-bond donors (Lipinski definition) is 0. The van der Waals surface area contributed by atoms with Crippen LogP contribution in [0.4, 0.5) is 0 Å². The van der Waals surface area contributed by atoms with Crippen molar-refractivity contribution in [2.45, 2.75) is 52.4 Å². The summed E-state index contributed by atoms with van der Waals surface area (Å²) in [4.78, 5) is 11.8. The molecular weight excluding hydrogens is 220 g/mol. The molecule has 1 rings (SSSR count). The predicted molar refractivity (Wildman–Crippen MR) is 77.9 cm³/mol. The third kappa shape index (κ3) is 5.81.